The molecule has 3 aromatic rings. The predicted octanol–water partition coefficient (Wildman–Crippen LogP) is 4.57. The van der Waals surface area contributed by atoms with Crippen molar-refractivity contribution in [2.45, 2.75) is 42.2 Å². The van der Waals surface area contributed by atoms with Crippen LogP contribution < -0.4 is 10.5 Å². The van der Waals surface area contributed by atoms with Gasteiger partial charge in [-0.3, -0.25) is 4.98 Å². The van der Waals surface area contributed by atoms with Gasteiger partial charge in [0.2, 0.25) is 5.88 Å². The zero-order valence-corrected chi connectivity index (χ0v) is 20.4. The molecule has 0 atom stereocenters. The van der Waals surface area contributed by atoms with Gasteiger partial charge in [0.15, 0.2) is 16.4 Å². The minimum absolute atomic E-state index is 0.00847. The average molecular weight is 543 g/mol. The van der Waals surface area contributed by atoms with Crippen molar-refractivity contribution in [2.75, 3.05) is 18.9 Å². The molecule has 0 bridgehead atoms. The van der Waals surface area contributed by atoms with Gasteiger partial charge in [0, 0.05) is 29.8 Å². The number of halogens is 5. The van der Waals surface area contributed by atoms with Gasteiger partial charge in [0.25, 0.3) is 0 Å². The zero-order valence-electron chi connectivity index (χ0n) is 19.6. The predicted molar refractivity (Wildman–Crippen MR) is 125 cm³/mol. The van der Waals surface area contributed by atoms with E-state index in [1.165, 1.54) is 25.3 Å². The summed E-state index contributed by atoms with van der Waals surface area (Å²) in [5.74, 6) is -5.89. The van der Waals surface area contributed by atoms with E-state index >= 15 is 0 Å². The SMILES string of the molecule is CCS(=O)(=O)c1cc(-c2ccc(C3(CN)CC3)cc2)cnc1-c1ccc(OCC(F)(F)C(F)(F)F)nn1. The van der Waals surface area contributed by atoms with Crippen LogP contribution in [0, 0.1) is 0 Å². The van der Waals surface area contributed by atoms with Crippen LogP contribution in [0.1, 0.15) is 25.3 Å². The second kappa shape index (κ2) is 9.60. The average Bonchev–Trinajstić information content (AvgIpc) is 3.68. The van der Waals surface area contributed by atoms with Crippen molar-refractivity contribution in [3.8, 4) is 28.4 Å². The summed E-state index contributed by atoms with van der Waals surface area (Å²) in [5, 5.41) is 7.24. The van der Waals surface area contributed by atoms with Gasteiger partial charge in [-0.2, -0.15) is 22.0 Å². The molecule has 0 unspecified atom stereocenters. The number of alkyl halides is 5. The number of hydrogen-bond acceptors (Lipinski definition) is 7. The van der Waals surface area contributed by atoms with Gasteiger partial charge in [-0.15, -0.1) is 10.2 Å². The number of hydrogen-bond donors (Lipinski definition) is 1. The second-order valence-corrected chi connectivity index (χ2v) is 11.0. The lowest BCUT2D eigenvalue weighted by Gasteiger charge is -2.19. The molecule has 0 aliphatic heterocycles. The minimum Gasteiger partial charge on any atom is -0.470 e. The molecule has 1 saturated carbocycles. The van der Waals surface area contributed by atoms with Crippen molar-refractivity contribution in [2.24, 2.45) is 5.73 Å². The van der Waals surface area contributed by atoms with Gasteiger partial charge in [-0.25, -0.2) is 8.42 Å². The van der Waals surface area contributed by atoms with E-state index in [2.05, 4.69) is 19.9 Å². The number of benzene rings is 1. The summed E-state index contributed by atoms with van der Waals surface area (Å²) in [6.45, 7) is 0.0428. The highest BCUT2D eigenvalue weighted by Gasteiger charge is 2.58. The normalized spacial score (nSPS) is 15.4. The summed E-state index contributed by atoms with van der Waals surface area (Å²) in [6.07, 6.45) is -2.27. The van der Waals surface area contributed by atoms with Crippen LogP contribution in [0.4, 0.5) is 22.0 Å². The largest absolute Gasteiger partial charge is 0.470 e. The highest BCUT2D eigenvalue weighted by atomic mass is 32.2. The van der Waals surface area contributed by atoms with Crippen LogP contribution in [0.15, 0.2) is 53.6 Å². The fourth-order valence-electron chi connectivity index (χ4n) is 3.73. The van der Waals surface area contributed by atoms with Crippen molar-refractivity contribution in [1.29, 1.82) is 0 Å². The van der Waals surface area contributed by atoms with Gasteiger partial charge in [0.05, 0.1) is 10.6 Å². The molecule has 1 aliphatic carbocycles. The molecule has 13 heteroatoms. The summed E-state index contributed by atoms with van der Waals surface area (Å²) >= 11 is 0. The van der Waals surface area contributed by atoms with Gasteiger partial charge in [-0.05, 0) is 36.1 Å². The molecular formula is C24H23F5N4O3S. The third-order valence-corrected chi connectivity index (χ3v) is 8.08. The summed E-state index contributed by atoms with van der Waals surface area (Å²) in [7, 11) is -3.79. The topological polar surface area (TPSA) is 108 Å². The van der Waals surface area contributed by atoms with Crippen LogP contribution in [0.3, 0.4) is 0 Å². The summed E-state index contributed by atoms with van der Waals surface area (Å²) < 4.78 is 93.3. The van der Waals surface area contributed by atoms with E-state index < -0.39 is 34.4 Å². The molecule has 198 valence electrons. The lowest BCUT2D eigenvalue weighted by atomic mass is 9.94. The van der Waals surface area contributed by atoms with E-state index in [0.29, 0.717) is 12.1 Å². The van der Waals surface area contributed by atoms with Crippen LogP contribution in [0.25, 0.3) is 22.5 Å². The van der Waals surface area contributed by atoms with Crippen LogP contribution >= 0.6 is 0 Å². The number of sulfone groups is 1. The number of pyridine rings is 1. The first-order valence-electron chi connectivity index (χ1n) is 11.3. The van der Waals surface area contributed by atoms with Crippen LogP contribution in [0.2, 0.25) is 0 Å². The van der Waals surface area contributed by atoms with Gasteiger partial charge < -0.3 is 10.5 Å². The molecule has 0 radical (unpaired) electrons. The van der Waals surface area contributed by atoms with E-state index in [4.69, 9.17) is 5.73 Å². The lowest BCUT2D eigenvalue weighted by Crippen LogP contribution is -2.41. The van der Waals surface area contributed by atoms with Crippen LogP contribution in [-0.4, -0.2) is 54.6 Å². The monoisotopic (exact) mass is 542 g/mol. The van der Waals surface area contributed by atoms with E-state index in [0.717, 1.165) is 30.0 Å². The Labute approximate surface area is 209 Å². The van der Waals surface area contributed by atoms with Crippen molar-refractivity contribution >= 4 is 9.84 Å². The fourth-order valence-corrected chi connectivity index (χ4v) is 4.80. The van der Waals surface area contributed by atoms with Crippen molar-refractivity contribution in [1.82, 2.24) is 15.2 Å². The first-order valence-corrected chi connectivity index (χ1v) is 12.9. The molecule has 7 nitrogen and oxygen atoms in total. The molecule has 0 spiro atoms. The quantitative estimate of drug-likeness (QED) is 0.395. The maximum Gasteiger partial charge on any atom is 0.456 e. The Morgan fingerprint density at radius 2 is 1.68 bits per heavy atom. The smallest absolute Gasteiger partial charge is 0.456 e. The van der Waals surface area contributed by atoms with Crippen LogP contribution in [-0.2, 0) is 15.3 Å². The highest BCUT2D eigenvalue weighted by molar-refractivity contribution is 7.91. The Balaban J connectivity index is 1.62. The molecule has 4 rings (SSSR count). The fraction of sp³-hybridized carbons (Fsp3) is 0.375. The second-order valence-electron chi connectivity index (χ2n) is 8.78. The molecular weight excluding hydrogens is 519 g/mol. The Morgan fingerprint density at radius 3 is 2.19 bits per heavy atom. The van der Waals surface area contributed by atoms with E-state index in [-0.39, 0.29) is 27.5 Å². The number of nitrogens with two attached hydrogens (primary N) is 1. The molecule has 2 aromatic heterocycles. The molecule has 0 saturated heterocycles. The zero-order chi connectivity index (χ0) is 27.1. The number of rotatable bonds is 9. The minimum atomic E-state index is -5.78. The first kappa shape index (κ1) is 26.9. The molecule has 1 fully saturated rings. The van der Waals surface area contributed by atoms with Crippen LogP contribution in [0.5, 0.6) is 5.88 Å². The van der Waals surface area contributed by atoms with Gasteiger partial charge in [0.1, 0.15) is 11.4 Å². The first-order chi connectivity index (χ1) is 17.3. The summed E-state index contributed by atoms with van der Waals surface area (Å²) in [5.41, 5.74) is 8.24. The Bertz CT molecular complexity index is 1370. The highest BCUT2D eigenvalue weighted by Crippen LogP contribution is 2.47. The third kappa shape index (κ3) is 5.42. The Hall–Kier alpha value is -3.19. The molecule has 0 amide bonds. The molecule has 1 aliphatic rings. The van der Waals surface area contributed by atoms with Gasteiger partial charge in [-0.1, -0.05) is 31.2 Å². The molecule has 1 aromatic carbocycles. The number of nitrogens with zero attached hydrogens (tertiary/aromatic N) is 3. The Morgan fingerprint density at radius 1 is 1.00 bits per heavy atom. The number of aromatic nitrogens is 3. The standard InChI is InChI=1S/C24H23F5N4O3S/c1-2-37(34,35)19-11-16(15-3-5-17(6-4-15)22(13-30)9-10-22)12-31-21(19)18-7-8-20(33-32-18)36-14-23(25,26)24(27,28)29/h3-8,11-12H,2,9-10,13-14,30H2,1H3. The van der Waals surface area contributed by atoms with Crippen molar-refractivity contribution in [3.05, 3.63) is 54.2 Å². The maximum absolute atomic E-state index is 13.1. The Kier molecular flexibility index (Phi) is 6.97. The van der Waals surface area contributed by atoms with E-state index in [9.17, 15) is 30.4 Å². The number of ether oxygens (including phenoxy) is 1. The summed E-state index contributed by atoms with van der Waals surface area (Å²) in [6, 6.07) is 11.3. The molecule has 37 heavy (non-hydrogen) atoms. The maximum atomic E-state index is 13.1. The lowest BCUT2D eigenvalue weighted by molar-refractivity contribution is -0.290. The van der Waals surface area contributed by atoms with Crippen molar-refractivity contribution in [3.63, 3.8) is 0 Å². The molecule has 2 heterocycles. The van der Waals surface area contributed by atoms with E-state index in [1.807, 2.05) is 24.3 Å². The third-order valence-electron chi connectivity index (χ3n) is 6.34. The van der Waals surface area contributed by atoms with Crippen molar-refractivity contribution < 1.29 is 35.1 Å². The van der Waals surface area contributed by atoms with Gasteiger partial charge >= 0.3 is 12.1 Å². The van der Waals surface area contributed by atoms with E-state index in [1.54, 1.807) is 0 Å². The summed E-state index contributed by atoms with van der Waals surface area (Å²) in [4.78, 5) is 4.15. The molecule has 2 N–H and O–H groups in total.